The Bertz CT molecular complexity index is 636. The van der Waals surface area contributed by atoms with E-state index in [0.29, 0.717) is 38.5 Å². The summed E-state index contributed by atoms with van der Waals surface area (Å²) in [6.45, 7) is 7.66. The molecule has 1 aromatic rings. The lowest BCUT2D eigenvalue weighted by Gasteiger charge is -2.36. The van der Waals surface area contributed by atoms with E-state index in [4.69, 9.17) is 9.47 Å². The molecular weight excluding hydrogens is 475 g/mol. The predicted octanol–water partition coefficient (Wildman–Crippen LogP) is 2.09. The van der Waals surface area contributed by atoms with Crippen LogP contribution in [0.3, 0.4) is 0 Å². The van der Waals surface area contributed by atoms with Gasteiger partial charge in [-0.1, -0.05) is 12.1 Å². The van der Waals surface area contributed by atoms with Crippen molar-refractivity contribution in [2.75, 3.05) is 53.0 Å². The average molecular weight is 506 g/mol. The smallest absolute Gasteiger partial charge is 0.409 e. The van der Waals surface area contributed by atoms with Gasteiger partial charge in [-0.15, -0.1) is 24.0 Å². The highest BCUT2D eigenvalue weighted by atomic mass is 127. The molecule has 8 nitrogen and oxygen atoms in total. The van der Waals surface area contributed by atoms with Gasteiger partial charge in [-0.3, -0.25) is 4.99 Å². The van der Waals surface area contributed by atoms with Crippen LogP contribution in [0, 0.1) is 0 Å². The first-order valence-corrected chi connectivity index (χ1v) is 9.36. The molecule has 1 aliphatic heterocycles. The molecule has 1 aromatic carbocycles. The Morgan fingerprint density at radius 2 is 1.93 bits per heavy atom. The minimum absolute atomic E-state index is 0. The van der Waals surface area contributed by atoms with Crippen LogP contribution in [-0.4, -0.2) is 79.9 Å². The number of carbonyl (C=O) groups is 1. The summed E-state index contributed by atoms with van der Waals surface area (Å²) in [5.74, 6) is 1.44. The van der Waals surface area contributed by atoms with Crippen molar-refractivity contribution in [1.29, 1.82) is 0 Å². The predicted molar refractivity (Wildman–Crippen MR) is 120 cm³/mol. The number of benzene rings is 1. The second-order valence-corrected chi connectivity index (χ2v) is 6.16. The number of piperazine rings is 1. The van der Waals surface area contributed by atoms with Gasteiger partial charge in [0.05, 0.1) is 26.4 Å². The van der Waals surface area contributed by atoms with Gasteiger partial charge in [-0.2, -0.15) is 0 Å². The maximum absolute atomic E-state index is 11.8. The first-order valence-electron chi connectivity index (χ1n) is 9.36. The van der Waals surface area contributed by atoms with Crippen LogP contribution < -0.4 is 10.1 Å². The Kier molecular flexibility index (Phi) is 11.0. The minimum Gasteiger partial charge on any atom is -0.497 e. The molecule has 0 aromatic heterocycles. The van der Waals surface area contributed by atoms with Crippen LogP contribution in [0.15, 0.2) is 29.3 Å². The van der Waals surface area contributed by atoms with E-state index in [1.54, 1.807) is 18.9 Å². The SMILES string of the molecule is CCNC(=NCC(O)c1cccc(OC)c1)N1CCN(C(=O)OCC)CC1.I. The van der Waals surface area contributed by atoms with Crippen molar-refractivity contribution in [1.82, 2.24) is 15.1 Å². The number of rotatable bonds is 6. The standard InChI is InChI=1S/C19H30N4O4.HI/c1-4-20-18(22-9-11-23(12-10-22)19(25)27-5-2)21-14-17(24)15-7-6-8-16(13-15)26-3;/h6-8,13,17,24H,4-5,9-12,14H2,1-3H3,(H,20,21);1H. The fraction of sp³-hybridized carbons (Fsp3) is 0.579. The van der Waals surface area contributed by atoms with Gasteiger partial charge < -0.3 is 29.7 Å². The average Bonchev–Trinajstić information content (AvgIpc) is 2.71. The van der Waals surface area contributed by atoms with Crippen molar-refractivity contribution in [2.45, 2.75) is 20.0 Å². The lowest BCUT2D eigenvalue weighted by molar-refractivity contribution is 0.0914. The summed E-state index contributed by atoms with van der Waals surface area (Å²) < 4.78 is 10.3. The zero-order chi connectivity index (χ0) is 19.6. The number of ether oxygens (including phenoxy) is 2. The normalized spacial score (nSPS) is 15.5. The highest BCUT2D eigenvalue weighted by molar-refractivity contribution is 14.0. The fourth-order valence-electron chi connectivity index (χ4n) is 2.87. The first kappa shape index (κ1) is 24.3. The molecule has 0 bridgehead atoms. The molecular formula is C19H31IN4O4. The van der Waals surface area contributed by atoms with Crippen LogP contribution in [-0.2, 0) is 4.74 Å². The highest BCUT2D eigenvalue weighted by Gasteiger charge is 2.23. The van der Waals surface area contributed by atoms with Gasteiger partial charge >= 0.3 is 6.09 Å². The summed E-state index contributed by atoms with van der Waals surface area (Å²) in [5.41, 5.74) is 0.765. The Balaban J connectivity index is 0.00000392. The summed E-state index contributed by atoms with van der Waals surface area (Å²) in [6, 6.07) is 7.35. The fourth-order valence-corrected chi connectivity index (χ4v) is 2.87. The molecule has 1 aliphatic rings. The van der Waals surface area contributed by atoms with Crippen LogP contribution in [0.2, 0.25) is 0 Å². The molecule has 1 fully saturated rings. The van der Waals surface area contributed by atoms with Crippen molar-refractivity contribution < 1.29 is 19.4 Å². The van der Waals surface area contributed by atoms with Gasteiger partial charge in [0.1, 0.15) is 5.75 Å². The van der Waals surface area contributed by atoms with Crippen LogP contribution in [0.5, 0.6) is 5.75 Å². The van der Waals surface area contributed by atoms with Gasteiger partial charge in [0.15, 0.2) is 5.96 Å². The maximum Gasteiger partial charge on any atom is 0.409 e. The number of nitrogens with one attached hydrogen (secondary N) is 1. The number of aliphatic hydroxyl groups excluding tert-OH is 1. The number of aliphatic hydroxyl groups is 1. The summed E-state index contributed by atoms with van der Waals surface area (Å²) in [7, 11) is 1.60. The van der Waals surface area contributed by atoms with Crippen LogP contribution >= 0.6 is 24.0 Å². The molecule has 0 saturated carbocycles. The van der Waals surface area contributed by atoms with E-state index in [-0.39, 0.29) is 36.6 Å². The van der Waals surface area contributed by atoms with E-state index in [1.807, 2.05) is 31.2 Å². The third-order valence-corrected chi connectivity index (χ3v) is 4.33. The zero-order valence-electron chi connectivity index (χ0n) is 16.8. The van der Waals surface area contributed by atoms with E-state index < -0.39 is 6.10 Å². The van der Waals surface area contributed by atoms with Crippen LogP contribution in [0.25, 0.3) is 0 Å². The quantitative estimate of drug-likeness (QED) is 0.349. The number of hydrogen-bond donors (Lipinski definition) is 2. The van der Waals surface area contributed by atoms with Crippen LogP contribution in [0.1, 0.15) is 25.5 Å². The van der Waals surface area contributed by atoms with Crippen LogP contribution in [0.4, 0.5) is 4.79 Å². The van der Waals surface area contributed by atoms with E-state index >= 15 is 0 Å². The summed E-state index contributed by atoms with van der Waals surface area (Å²) in [5, 5.41) is 13.7. The van der Waals surface area contributed by atoms with Crippen molar-refractivity contribution in [2.24, 2.45) is 4.99 Å². The second-order valence-electron chi connectivity index (χ2n) is 6.16. The summed E-state index contributed by atoms with van der Waals surface area (Å²) >= 11 is 0. The Hall–Kier alpha value is -1.75. The molecule has 1 atom stereocenters. The monoisotopic (exact) mass is 506 g/mol. The van der Waals surface area contributed by atoms with E-state index in [1.165, 1.54) is 0 Å². The first-order chi connectivity index (χ1) is 13.1. The molecule has 9 heteroatoms. The lowest BCUT2D eigenvalue weighted by Crippen LogP contribution is -2.54. The molecule has 0 radical (unpaired) electrons. The molecule has 1 amide bonds. The molecule has 158 valence electrons. The number of hydrogen-bond acceptors (Lipinski definition) is 5. The number of nitrogens with zero attached hydrogens (tertiary/aromatic N) is 3. The molecule has 0 spiro atoms. The summed E-state index contributed by atoms with van der Waals surface area (Å²) in [4.78, 5) is 20.2. The van der Waals surface area contributed by atoms with E-state index in [0.717, 1.165) is 18.1 Å². The number of halogens is 1. The van der Waals surface area contributed by atoms with Crippen molar-refractivity contribution in [3.63, 3.8) is 0 Å². The highest BCUT2D eigenvalue weighted by Crippen LogP contribution is 2.19. The number of guanidine groups is 1. The van der Waals surface area contributed by atoms with Gasteiger partial charge in [0, 0.05) is 32.7 Å². The molecule has 0 aliphatic carbocycles. The largest absolute Gasteiger partial charge is 0.497 e. The number of methoxy groups -OCH3 is 1. The third-order valence-electron chi connectivity index (χ3n) is 4.33. The number of aliphatic imine (C=N–C) groups is 1. The molecule has 28 heavy (non-hydrogen) atoms. The van der Waals surface area contributed by atoms with E-state index in [9.17, 15) is 9.90 Å². The summed E-state index contributed by atoms with van der Waals surface area (Å²) in [6.07, 6.45) is -0.984. The van der Waals surface area contributed by atoms with Gasteiger partial charge in [0.2, 0.25) is 0 Å². The third kappa shape index (κ3) is 7.01. The Morgan fingerprint density at radius 3 is 2.54 bits per heavy atom. The van der Waals surface area contributed by atoms with Gasteiger partial charge in [-0.25, -0.2) is 4.79 Å². The van der Waals surface area contributed by atoms with Gasteiger partial charge in [-0.05, 0) is 31.5 Å². The maximum atomic E-state index is 11.8. The van der Waals surface area contributed by atoms with Gasteiger partial charge in [0.25, 0.3) is 0 Å². The number of carbonyl (C=O) groups excluding carboxylic acids is 1. The van der Waals surface area contributed by atoms with Crippen molar-refractivity contribution >= 4 is 36.0 Å². The van der Waals surface area contributed by atoms with Crippen molar-refractivity contribution in [3.05, 3.63) is 29.8 Å². The molecule has 1 saturated heterocycles. The lowest BCUT2D eigenvalue weighted by atomic mass is 10.1. The second kappa shape index (κ2) is 12.7. The zero-order valence-corrected chi connectivity index (χ0v) is 19.1. The molecule has 1 unspecified atom stereocenters. The minimum atomic E-state index is -0.713. The molecule has 1 heterocycles. The Labute approximate surface area is 183 Å². The number of amides is 1. The van der Waals surface area contributed by atoms with Crippen molar-refractivity contribution in [3.8, 4) is 5.75 Å². The Morgan fingerprint density at radius 1 is 1.25 bits per heavy atom. The van der Waals surface area contributed by atoms with E-state index in [2.05, 4.69) is 15.2 Å². The molecule has 2 N–H and O–H groups in total. The topological polar surface area (TPSA) is 86.6 Å². The molecule has 2 rings (SSSR count).